The molecule has 0 aliphatic carbocycles. The highest BCUT2D eigenvalue weighted by Crippen LogP contribution is 2.38. The number of imide groups is 1. The van der Waals surface area contributed by atoms with E-state index in [1.807, 2.05) is 6.07 Å². The highest BCUT2D eigenvalue weighted by Gasteiger charge is 2.60. The third kappa shape index (κ3) is 10.8. The molecule has 2 amide bonds. The summed E-state index contributed by atoms with van der Waals surface area (Å²) < 4.78 is 11.4. The minimum atomic E-state index is -2.57. The first-order chi connectivity index (χ1) is 25.1. The van der Waals surface area contributed by atoms with E-state index in [9.17, 15) is 19.8 Å². The third-order valence-electron chi connectivity index (χ3n) is 9.06. The Kier molecular flexibility index (Phi) is 14.8. The normalized spacial score (nSPS) is 16.6. The summed E-state index contributed by atoms with van der Waals surface area (Å²) in [6.45, 7) is 12.9. The first-order valence-corrected chi connectivity index (χ1v) is 18.2. The fraction of sp³-hybridized carbons (Fsp3) is 0.476. The van der Waals surface area contributed by atoms with Crippen molar-refractivity contribution in [3.8, 4) is 0 Å². The maximum atomic E-state index is 15.9. The predicted octanol–water partition coefficient (Wildman–Crippen LogP) is 4.45. The maximum Gasteiger partial charge on any atom is 0.420 e. The van der Waals surface area contributed by atoms with Crippen LogP contribution in [0.1, 0.15) is 72.1 Å². The van der Waals surface area contributed by atoms with E-state index in [1.165, 1.54) is 12.1 Å². The molecule has 0 fully saturated rings. The topological polar surface area (TPSA) is 208 Å². The van der Waals surface area contributed by atoms with Gasteiger partial charge in [-0.15, -0.1) is 0 Å². The Bertz CT molecular complexity index is 1660. The number of benzene rings is 3. The molecule has 54 heavy (non-hydrogen) atoms. The second kappa shape index (κ2) is 18.2. The van der Waals surface area contributed by atoms with Gasteiger partial charge in [-0.25, -0.2) is 14.5 Å². The van der Waals surface area contributed by atoms with Gasteiger partial charge in [0.05, 0.1) is 24.3 Å². The standard InChI is InChI=1S/C42H58N4O8/c1-26(2)32(44)37(50)42(29-22-16-11-17-23-29,35(45)34(48)33(47)30(43)24-27-18-12-9-13-19-27)36(49)31(25-28-20-14-10-15-21-28)46(38(51)53-40(3,4)5)39(52)54-41(6,7)8/h9-23,26,30-35,47-48H,24-25,43-45H2,1-8H3/t30-,31-,32-,33+,34-,35+,42?/m0/s1. The molecule has 0 heterocycles. The second-order valence-corrected chi connectivity index (χ2v) is 16.1. The van der Waals surface area contributed by atoms with Gasteiger partial charge in [0.15, 0.2) is 11.6 Å². The maximum absolute atomic E-state index is 15.9. The number of hydrogen-bond acceptors (Lipinski definition) is 11. The van der Waals surface area contributed by atoms with Crippen molar-refractivity contribution in [1.82, 2.24) is 4.90 Å². The van der Waals surface area contributed by atoms with Gasteiger partial charge in [0.1, 0.15) is 22.7 Å². The van der Waals surface area contributed by atoms with Crippen molar-refractivity contribution in [2.75, 3.05) is 0 Å². The van der Waals surface area contributed by atoms with Crippen LogP contribution in [0.2, 0.25) is 0 Å². The molecular weight excluding hydrogens is 688 g/mol. The number of ketones is 2. The fourth-order valence-electron chi connectivity index (χ4n) is 6.28. The molecule has 0 radical (unpaired) electrons. The number of rotatable bonds is 15. The summed E-state index contributed by atoms with van der Waals surface area (Å²) in [5.74, 6) is -2.48. The summed E-state index contributed by atoms with van der Waals surface area (Å²) in [7, 11) is 0. The van der Waals surface area contributed by atoms with Crippen LogP contribution in [0.15, 0.2) is 91.0 Å². The van der Waals surface area contributed by atoms with E-state index in [0.717, 1.165) is 5.56 Å². The van der Waals surface area contributed by atoms with Crippen LogP contribution in [0.4, 0.5) is 9.59 Å². The summed E-state index contributed by atoms with van der Waals surface area (Å²) >= 11 is 0. The molecule has 0 saturated carbocycles. The van der Waals surface area contributed by atoms with Gasteiger partial charge in [-0.3, -0.25) is 9.59 Å². The van der Waals surface area contributed by atoms with Crippen LogP contribution in [0.25, 0.3) is 0 Å². The molecule has 0 aromatic heterocycles. The van der Waals surface area contributed by atoms with Gasteiger partial charge >= 0.3 is 12.2 Å². The van der Waals surface area contributed by atoms with Crippen LogP contribution in [-0.2, 0) is 37.3 Å². The largest absolute Gasteiger partial charge is 0.443 e. The summed E-state index contributed by atoms with van der Waals surface area (Å²) in [5, 5.41) is 23.6. The molecule has 294 valence electrons. The number of ether oxygens (including phenoxy) is 2. The van der Waals surface area contributed by atoms with Crippen molar-refractivity contribution < 1.29 is 38.9 Å². The summed E-state index contributed by atoms with van der Waals surface area (Å²) in [6, 6.07) is 19.2. The molecule has 3 aromatic carbocycles. The van der Waals surface area contributed by atoms with Crippen molar-refractivity contribution >= 4 is 23.8 Å². The molecule has 0 spiro atoms. The molecule has 8 N–H and O–H groups in total. The van der Waals surface area contributed by atoms with Crippen LogP contribution in [0.5, 0.6) is 0 Å². The van der Waals surface area contributed by atoms with E-state index in [1.54, 1.807) is 128 Å². The third-order valence-corrected chi connectivity index (χ3v) is 9.06. The number of amides is 2. The van der Waals surface area contributed by atoms with E-state index in [-0.39, 0.29) is 18.4 Å². The minimum Gasteiger partial charge on any atom is -0.443 e. The minimum absolute atomic E-state index is 0.0258. The second-order valence-electron chi connectivity index (χ2n) is 16.1. The van der Waals surface area contributed by atoms with Gasteiger partial charge in [-0.05, 0) is 70.6 Å². The van der Waals surface area contributed by atoms with E-state index in [0.29, 0.717) is 10.5 Å². The number of nitrogens with zero attached hydrogens (tertiary/aromatic N) is 1. The first-order valence-electron chi connectivity index (χ1n) is 18.2. The number of hydrogen-bond donors (Lipinski definition) is 5. The molecule has 12 nitrogen and oxygen atoms in total. The zero-order valence-electron chi connectivity index (χ0n) is 32.6. The van der Waals surface area contributed by atoms with Gasteiger partial charge in [-0.2, -0.15) is 0 Å². The predicted molar refractivity (Wildman–Crippen MR) is 207 cm³/mol. The lowest BCUT2D eigenvalue weighted by atomic mass is 9.61. The van der Waals surface area contributed by atoms with E-state index >= 15 is 9.59 Å². The Hall–Kier alpha value is -4.46. The average molecular weight is 747 g/mol. The van der Waals surface area contributed by atoms with E-state index < -0.39 is 82.7 Å². The average Bonchev–Trinajstić information content (AvgIpc) is 3.10. The monoisotopic (exact) mass is 746 g/mol. The molecule has 3 rings (SSSR count). The van der Waals surface area contributed by atoms with Crippen molar-refractivity contribution in [2.24, 2.45) is 23.1 Å². The molecule has 0 saturated heterocycles. The zero-order chi connectivity index (χ0) is 40.6. The Morgan fingerprint density at radius 2 is 1.04 bits per heavy atom. The number of carbonyl (C=O) groups is 4. The van der Waals surface area contributed by atoms with Crippen molar-refractivity contribution in [3.63, 3.8) is 0 Å². The van der Waals surface area contributed by atoms with E-state index in [2.05, 4.69) is 0 Å². The quantitative estimate of drug-likeness (QED) is 0.137. The van der Waals surface area contributed by atoms with Crippen LogP contribution < -0.4 is 17.2 Å². The number of aliphatic hydroxyl groups is 2. The number of carbonyl (C=O) groups excluding carboxylic acids is 4. The SMILES string of the molecule is CC(C)[C@H](N)C(=O)C(C(=O)[C@H](Cc1ccccc1)N(C(=O)OC(C)(C)C)C(=O)OC(C)(C)C)(c1ccccc1)[C@H](N)[C@@H](O)[C@H](O)[C@@H](N)Cc1ccccc1. The van der Waals surface area contributed by atoms with Gasteiger partial charge < -0.3 is 36.9 Å². The van der Waals surface area contributed by atoms with E-state index in [4.69, 9.17) is 26.7 Å². The summed E-state index contributed by atoms with van der Waals surface area (Å²) in [5.41, 5.74) is 16.5. The Balaban J connectivity index is 2.41. The van der Waals surface area contributed by atoms with Gasteiger partial charge in [0, 0.05) is 12.5 Å². The Morgan fingerprint density at radius 3 is 1.44 bits per heavy atom. The molecular formula is C42H58N4O8. The lowest BCUT2D eigenvalue weighted by molar-refractivity contribution is -0.144. The van der Waals surface area contributed by atoms with Crippen molar-refractivity contribution in [1.29, 1.82) is 0 Å². The van der Waals surface area contributed by atoms with Gasteiger partial charge in [0.2, 0.25) is 0 Å². The molecule has 1 unspecified atom stereocenters. The van der Waals surface area contributed by atoms with Crippen LogP contribution in [0.3, 0.4) is 0 Å². The summed E-state index contributed by atoms with van der Waals surface area (Å²) in [6.07, 6.45) is -6.36. The zero-order valence-corrected chi connectivity index (χ0v) is 32.6. The highest BCUT2D eigenvalue weighted by molar-refractivity contribution is 6.18. The lowest BCUT2D eigenvalue weighted by Gasteiger charge is -2.45. The number of Topliss-reactive ketones (excluding diaryl/α,β-unsaturated/α-hetero) is 2. The molecule has 3 aromatic rings. The lowest BCUT2D eigenvalue weighted by Crippen LogP contribution is -2.71. The molecule has 0 aliphatic rings. The van der Waals surface area contributed by atoms with Gasteiger partial charge in [-0.1, -0.05) is 105 Å². The van der Waals surface area contributed by atoms with Crippen molar-refractivity contribution in [3.05, 3.63) is 108 Å². The Morgan fingerprint density at radius 1 is 0.630 bits per heavy atom. The summed E-state index contributed by atoms with van der Waals surface area (Å²) in [4.78, 5) is 60.0. The fourth-order valence-corrected chi connectivity index (χ4v) is 6.28. The molecule has 12 heteroatoms. The number of aliphatic hydroxyl groups excluding tert-OH is 2. The molecule has 7 atom stereocenters. The van der Waals surface area contributed by atoms with Gasteiger partial charge in [0.25, 0.3) is 0 Å². The van der Waals surface area contributed by atoms with Crippen LogP contribution >= 0.6 is 0 Å². The highest BCUT2D eigenvalue weighted by atomic mass is 16.6. The van der Waals surface area contributed by atoms with Crippen molar-refractivity contribution in [2.45, 2.75) is 121 Å². The van der Waals surface area contributed by atoms with Crippen LogP contribution in [0, 0.1) is 5.92 Å². The smallest absolute Gasteiger partial charge is 0.420 e. The first kappa shape index (κ1) is 43.9. The number of nitrogens with two attached hydrogens (primary N) is 3. The van der Waals surface area contributed by atoms with Crippen LogP contribution in [-0.4, -0.2) is 86.4 Å². The Labute approximate surface area is 319 Å². The molecule has 0 bridgehead atoms. The molecule has 0 aliphatic heterocycles.